The van der Waals surface area contributed by atoms with Crippen molar-refractivity contribution in [2.45, 2.75) is 0 Å². The van der Waals surface area contributed by atoms with Crippen LogP contribution in [0.4, 0.5) is 0 Å². The molecule has 0 saturated heterocycles. The van der Waals surface area contributed by atoms with Gasteiger partial charge in [-0.1, -0.05) is 11.6 Å². The number of aromatic amines is 1. The van der Waals surface area contributed by atoms with Crippen LogP contribution < -0.4 is 0 Å². The molecule has 2 aromatic heterocycles. The summed E-state index contributed by atoms with van der Waals surface area (Å²) in [6, 6.07) is 9.01. The largest absolute Gasteiger partial charge is 0.329 e. The van der Waals surface area contributed by atoms with E-state index in [1.807, 2.05) is 6.07 Å². The average Bonchev–Trinajstić information content (AvgIpc) is 2.73. The van der Waals surface area contributed by atoms with Crippen molar-refractivity contribution in [3.05, 3.63) is 50.3 Å². The lowest BCUT2D eigenvalue weighted by Crippen LogP contribution is -1.97. The van der Waals surface area contributed by atoms with Crippen LogP contribution in [-0.2, 0) is 0 Å². The Balaban J connectivity index is 2.33. The van der Waals surface area contributed by atoms with Gasteiger partial charge in [-0.25, -0.2) is 4.98 Å². The normalized spacial score (nSPS) is 10.7. The maximum Gasteiger partial charge on any atom is 0.184 e. The van der Waals surface area contributed by atoms with Gasteiger partial charge in [0.25, 0.3) is 0 Å². The third-order valence-electron chi connectivity index (χ3n) is 2.81. The average molecular weight is 366 g/mol. The van der Waals surface area contributed by atoms with Crippen LogP contribution >= 0.6 is 39.7 Å². The molecule has 7 heteroatoms. The highest BCUT2D eigenvalue weighted by Gasteiger charge is 2.11. The summed E-state index contributed by atoms with van der Waals surface area (Å²) >= 11 is 14.9. The summed E-state index contributed by atoms with van der Waals surface area (Å²) in [5.41, 5.74) is 2.69. The number of rotatable bonds is 1. The number of halogens is 2. The molecule has 20 heavy (non-hydrogen) atoms. The molecule has 3 rings (SSSR count). The summed E-state index contributed by atoms with van der Waals surface area (Å²) in [4.78, 5) is 7.44. The second-order valence-corrected chi connectivity index (χ2v) is 5.78. The first kappa shape index (κ1) is 13.3. The van der Waals surface area contributed by atoms with E-state index in [2.05, 4.69) is 32.0 Å². The molecule has 0 atom stereocenters. The number of nitriles is 1. The van der Waals surface area contributed by atoms with Crippen molar-refractivity contribution in [2.24, 2.45) is 0 Å². The first-order valence-electron chi connectivity index (χ1n) is 5.56. The molecule has 1 aromatic carbocycles. The topological polar surface area (TPSA) is 57.4 Å². The molecule has 0 saturated carbocycles. The Morgan fingerprint density at radius 1 is 1.40 bits per heavy atom. The number of hydrogen-bond donors (Lipinski definition) is 1. The van der Waals surface area contributed by atoms with Crippen LogP contribution in [0.5, 0.6) is 0 Å². The third kappa shape index (κ3) is 2.14. The van der Waals surface area contributed by atoms with Gasteiger partial charge >= 0.3 is 0 Å². The summed E-state index contributed by atoms with van der Waals surface area (Å²) in [7, 11) is 0. The second kappa shape index (κ2) is 5.02. The van der Waals surface area contributed by atoms with Crippen LogP contribution in [0.25, 0.3) is 16.9 Å². The van der Waals surface area contributed by atoms with Crippen molar-refractivity contribution in [1.29, 1.82) is 5.26 Å². The van der Waals surface area contributed by atoms with Gasteiger partial charge in [0.2, 0.25) is 0 Å². The van der Waals surface area contributed by atoms with Gasteiger partial charge in [-0.3, -0.25) is 4.57 Å². The van der Waals surface area contributed by atoms with Crippen molar-refractivity contribution < 1.29 is 0 Å². The van der Waals surface area contributed by atoms with Gasteiger partial charge in [-0.15, -0.1) is 0 Å². The van der Waals surface area contributed by atoms with E-state index in [1.54, 1.807) is 29.0 Å². The van der Waals surface area contributed by atoms with E-state index in [9.17, 15) is 0 Å². The fourth-order valence-electron chi connectivity index (χ4n) is 1.95. The molecule has 0 aliphatic rings. The monoisotopic (exact) mass is 364 g/mol. The van der Waals surface area contributed by atoms with Gasteiger partial charge in [0, 0.05) is 10.7 Å². The Morgan fingerprint density at radius 3 is 2.90 bits per heavy atom. The van der Waals surface area contributed by atoms with Gasteiger partial charge < -0.3 is 4.98 Å². The van der Waals surface area contributed by atoms with Crippen molar-refractivity contribution in [1.82, 2.24) is 14.5 Å². The number of hydrogen-bond acceptors (Lipinski definition) is 3. The zero-order valence-electron chi connectivity index (χ0n) is 9.89. The van der Waals surface area contributed by atoms with E-state index >= 15 is 0 Å². The molecule has 0 spiro atoms. The molecular weight excluding hydrogens is 360 g/mol. The zero-order valence-corrected chi connectivity index (χ0v) is 13.1. The Labute approximate surface area is 132 Å². The Bertz CT molecular complexity index is 922. The Hall–Kier alpha value is -1.68. The summed E-state index contributed by atoms with van der Waals surface area (Å²) < 4.78 is 3.11. The molecule has 4 nitrogen and oxygen atoms in total. The highest BCUT2D eigenvalue weighted by Crippen LogP contribution is 2.26. The maximum atomic E-state index is 8.88. The molecule has 98 valence electrons. The molecule has 0 amide bonds. The Morgan fingerprint density at radius 2 is 2.20 bits per heavy atom. The van der Waals surface area contributed by atoms with E-state index in [4.69, 9.17) is 29.1 Å². The summed E-state index contributed by atoms with van der Waals surface area (Å²) in [6.07, 6.45) is 1.69. The molecule has 0 radical (unpaired) electrons. The van der Waals surface area contributed by atoms with Crippen molar-refractivity contribution in [2.75, 3.05) is 0 Å². The van der Waals surface area contributed by atoms with Crippen LogP contribution in [-0.4, -0.2) is 14.5 Å². The lowest BCUT2D eigenvalue weighted by Gasteiger charge is -2.06. The van der Waals surface area contributed by atoms with Gasteiger partial charge in [-0.05, 0) is 52.4 Å². The lowest BCUT2D eigenvalue weighted by atomic mass is 10.2. The predicted octanol–water partition coefficient (Wildman–Crippen LogP) is 4.37. The van der Waals surface area contributed by atoms with Crippen LogP contribution in [0.3, 0.4) is 0 Å². The number of aromatic nitrogens is 3. The molecule has 0 bridgehead atoms. The van der Waals surface area contributed by atoms with Gasteiger partial charge in [0.1, 0.15) is 0 Å². The number of fused-ring (bicyclic) bond motifs is 1. The van der Waals surface area contributed by atoms with E-state index in [0.29, 0.717) is 26.7 Å². The fourth-order valence-corrected chi connectivity index (χ4v) is 2.84. The molecule has 0 unspecified atom stereocenters. The highest BCUT2D eigenvalue weighted by molar-refractivity contribution is 9.10. The summed E-state index contributed by atoms with van der Waals surface area (Å²) in [5.74, 6) is 0. The van der Waals surface area contributed by atoms with E-state index < -0.39 is 0 Å². The first-order chi connectivity index (χ1) is 9.60. The lowest BCUT2D eigenvalue weighted by molar-refractivity contribution is 1.04. The summed E-state index contributed by atoms with van der Waals surface area (Å²) in [6.45, 7) is 0. The van der Waals surface area contributed by atoms with Gasteiger partial charge in [0.15, 0.2) is 10.4 Å². The van der Waals surface area contributed by atoms with Crippen molar-refractivity contribution in [3.63, 3.8) is 0 Å². The molecule has 1 N–H and O–H groups in total. The van der Waals surface area contributed by atoms with Gasteiger partial charge in [-0.2, -0.15) is 5.26 Å². The predicted molar refractivity (Wildman–Crippen MR) is 83.7 cm³/mol. The third-order valence-corrected chi connectivity index (χ3v) is 3.83. The molecule has 0 fully saturated rings. The fraction of sp³-hybridized carbons (Fsp3) is 0. The van der Waals surface area contributed by atoms with Crippen LogP contribution in [0.15, 0.2) is 34.9 Å². The zero-order chi connectivity index (χ0) is 14.3. The second-order valence-electron chi connectivity index (χ2n) is 4.07. The molecular formula is C13H6BrClN4S. The summed E-state index contributed by atoms with van der Waals surface area (Å²) in [5, 5.41) is 9.33. The van der Waals surface area contributed by atoms with E-state index in [1.165, 1.54) is 0 Å². The number of benzene rings is 1. The SMILES string of the molecule is N#Cc1ccc(-n2c(=S)[nH]c3cc(Br)cnc32)c(Cl)c1. The van der Waals surface area contributed by atoms with Gasteiger partial charge in [0.05, 0.1) is 27.9 Å². The number of pyridine rings is 1. The minimum atomic E-state index is 0.450. The van der Waals surface area contributed by atoms with Crippen LogP contribution in [0, 0.1) is 16.1 Å². The number of imidazole rings is 1. The molecule has 0 aliphatic heterocycles. The molecule has 0 aliphatic carbocycles. The minimum absolute atomic E-state index is 0.450. The smallest absolute Gasteiger partial charge is 0.184 e. The van der Waals surface area contributed by atoms with Crippen LogP contribution in [0.1, 0.15) is 5.56 Å². The minimum Gasteiger partial charge on any atom is -0.329 e. The molecule has 2 heterocycles. The van der Waals surface area contributed by atoms with E-state index in [0.717, 1.165) is 9.99 Å². The maximum absolute atomic E-state index is 8.88. The number of nitrogens with one attached hydrogen (secondary N) is 1. The van der Waals surface area contributed by atoms with Crippen LogP contribution in [0.2, 0.25) is 5.02 Å². The van der Waals surface area contributed by atoms with Crippen molar-refractivity contribution >= 4 is 50.9 Å². The number of H-pyrrole nitrogens is 1. The Kier molecular flexibility index (Phi) is 3.34. The highest BCUT2D eigenvalue weighted by atomic mass is 79.9. The quantitative estimate of drug-likeness (QED) is 0.651. The van der Waals surface area contributed by atoms with E-state index in [-0.39, 0.29) is 0 Å². The van der Waals surface area contributed by atoms with Crippen molar-refractivity contribution in [3.8, 4) is 11.8 Å². The number of nitrogens with zero attached hydrogens (tertiary/aromatic N) is 3. The first-order valence-corrected chi connectivity index (χ1v) is 7.14. The molecule has 3 aromatic rings. The standard InChI is InChI=1S/C13H6BrClN4S/c14-8-4-10-12(17-6-8)19(13(20)18-10)11-2-1-7(5-16)3-9(11)15/h1-4,6H,(H,18,20).